The molecule has 4 nitrogen and oxygen atoms in total. The van der Waals surface area contributed by atoms with Crippen LogP contribution in [0.5, 0.6) is 0 Å². The zero-order valence-corrected chi connectivity index (χ0v) is 14.6. The van der Waals surface area contributed by atoms with Crippen LogP contribution in [0.2, 0.25) is 5.02 Å². The Kier molecular flexibility index (Phi) is 5.98. The topological polar surface area (TPSA) is 49.4 Å². The Morgan fingerprint density at radius 1 is 1.15 bits per heavy atom. The molecule has 1 aromatic rings. The molecule has 150 valence electrons. The van der Waals surface area contributed by atoms with Crippen LogP contribution in [-0.4, -0.2) is 48.2 Å². The van der Waals surface area contributed by atoms with E-state index in [9.17, 15) is 35.9 Å². The zero-order chi connectivity index (χ0) is 20.6. The van der Waals surface area contributed by atoms with Crippen LogP contribution in [0.25, 0.3) is 0 Å². The summed E-state index contributed by atoms with van der Waals surface area (Å²) in [5.74, 6) is -8.02. The fraction of sp³-hybridized carbons (Fsp3) is 0.500. The molecule has 1 heterocycles. The summed E-state index contributed by atoms with van der Waals surface area (Å²) in [6.45, 7) is 0.759. The number of hydrogen-bond acceptors (Lipinski definition) is 2. The first kappa shape index (κ1) is 21.3. The molecule has 1 aliphatic rings. The molecule has 2 amide bonds. The lowest BCUT2D eigenvalue weighted by molar-refractivity contribution is -0.187. The molecular formula is C16H15ClF6N2O2. The van der Waals surface area contributed by atoms with E-state index in [1.165, 1.54) is 19.1 Å². The Hall–Kier alpha value is -1.97. The average molecular weight is 417 g/mol. The van der Waals surface area contributed by atoms with Crippen molar-refractivity contribution in [3.8, 4) is 0 Å². The molecule has 11 heteroatoms. The number of nitrogens with zero attached hydrogens (tertiary/aromatic N) is 1. The SMILES string of the molecule is C[C@@H]1CN(C(=O)C(F)(F)c2ccc(Cl)cc2)C[C@H]1NC(=O)C(F)C(F)(F)F. The minimum absolute atomic E-state index is 0.199. The number of nitrogens with one attached hydrogen (secondary N) is 1. The smallest absolute Gasteiger partial charge is 0.348 e. The van der Waals surface area contributed by atoms with Crippen molar-refractivity contribution < 1.29 is 35.9 Å². The quantitative estimate of drug-likeness (QED) is 0.766. The largest absolute Gasteiger partial charge is 0.428 e. The summed E-state index contributed by atoms with van der Waals surface area (Å²) in [6, 6.07) is 3.26. The highest BCUT2D eigenvalue weighted by molar-refractivity contribution is 6.30. The van der Waals surface area contributed by atoms with E-state index in [1.807, 2.05) is 5.32 Å². The van der Waals surface area contributed by atoms with E-state index in [2.05, 4.69) is 0 Å². The summed E-state index contributed by atoms with van der Waals surface area (Å²) in [6.07, 6.45) is -9.10. The van der Waals surface area contributed by atoms with E-state index in [1.54, 1.807) is 0 Å². The number of carbonyl (C=O) groups is 2. The Bertz CT molecular complexity index is 710. The van der Waals surface area contributed by atoms with E-state index in [4.69, 9.17) is 11.6 Å². The van der Waals surface area contributed by atoms with E-state index >= 15 is 0 Å². The number of carbonyl (C=O) groups excluding carboxylic acids is 2. The lowest BCUT2D eigenvalue weighted by Gasteiger charge is -2.23. The highest BCUT2D eigenvalue weighted by atomic mass is 35.5. The van der Waals surface area contributed by atoms with Gasteiger partial charge in [-0.3, -0.25) is 9.59 Å². The van der Waals surface area contributed by atoms with Gasteiger partial charge >= 0.3 is 12.1 Å². The second kappa shape index (κ2) is 7.57. The van der Waals surface area contributed by atoms with Crippen LogP contribution in [0, 0.1) is 5.92 Å². The molecule has 1 aliphatic heterocycles. The van der Waals surface area contributed by atoms with Crippen molar-refractivity contribution in [2.75, 3.05) is 13.1 Å². The molecule has 3 atom stereocenters. The van der Waals surface area contributed by atoms with Crippen LogP contribution in [0.1, 0.15) is 12.5 Å². The third kappa shape index (κ3) is 4.66. The third-order valence-electron chi connectivity index (χ3n) is 4.22. The molecule has 0 aliphatic carbocycles. The van der Waals surface area contributed by atoms with Gasteiger partial charge in [0, 0.05) is 23.7 Å². The van der Waals surface area contributed by atoms with Crippen molar-refractivity contribution in [2.45, 2.75) is 31.2 Å². The molecule has 0 bridgehead atoms. The maximum atomic E-state index is 14.4. The van der Waals surface area contributed by atoms with Gasteiger partial charge in [0.15, 0.2) is 0 Å². The van der Waals surface area contributed by atoms with Crippen LogP contribution in [0.4, 0.5) is 26.3 Å². The van der Waals surface area contributed by atoms with Crippen LogP contribution < -0.4 is 5.32 Å². The fourth-order valence-corrected chi connectivity index (χ4v) is 2.83. The van der Waals surface area contributed by atoms with Crippen molar-refractivity contribution in [1.29, 1.82) is 0 Å². The number of rotatable bonds is 4. The predicted molar refractivity (Wildman–Crippen MR) is 84.0 cm³/mol. The predicted octanol–water partition coefficient (Wildman–Crippen LogP) is 3.30. The maximum Gasteiger partial charge on any atom is 0.428 e. The monoisotopic (exact) mass is 416 g/mol. The van der Waals surface area contributed by atoms with E-state index in [0.717, 1.165) is 17.0 Å². The first-order valence-electron chi connectivity index (χ1n) is 7.78. The highest BCUT2D eigenvalue weighted by Gasteiger charge is 2.49. The first-order chi connectivity index (χ1) is 12.3. The van der Waals surface area contributed by atoms with Gasteiger partial charge in [0.05, 0.1) is 6.04 Å². The van der Waals surface area contributed by atoms with E-state index in [-0.39, 0.29) is 11.6 Å². The van der Waals surface area contributed by atoms with Gasteiger partial charge in [-0.25, -0.2) is 4.39 Å². The number of benzene rings is 1. The lowest BCUT2D eigenvalue weighted by atomic mass is 10.1. The first-order valence-corrected chi connectivity index (χ1v) is 8.16. The molecule has 2 rings (SSSR count). The van der Waals surface area contributed by atoms with E-state index < -0.39 is 54.2 Å². The lowest BCUT2D eigenvalue weighted by Crippen LogP contribution is -2.48. The second-order valence-electron chi connectivity index (χ2n) is 6.29. The molecular weight excluding hydrogens is 402 g/mol. The van der Waals surface area contributed by atoms with Gasteiger partial charge in [0.25, 0.3) is 18.0 Å². The number of amides is 2. The van der Waals surface area contributed by atoms with Crippen molar-refractivity contribution in [3.05, 3.63) is 34.9 Å². The highest BCUT2D eigenvalue weighted by Crippen LogP contribution is 2.33. The molecule has 0 aromatic heterocycles. The molecule has 1 fully saturated rings. The summed E-state index contributed by atoms with van der Waals surface area (Å²) in [7, 11) is 0. The van der Waals surface area contributed by atoms with Gasteiger partial charge in [-0.15, -0.1) is 0 Å². The van der Waals surface area contributed by atoms with Gasteiger partial charge in [0.2, 0.25) is 0 Å². The van der Waals surface area contributed by atoms with Gasteiger partial charge in [-0.2, -0.15) is 22.0 Å². The van der Waals surface area contributed by atoms with Crippen molar-refractivity contribution in [2.24, 2.45) is 5.92 Å². The Labute approximate surface area is 155 Å². The van der Waals surface area contributed by atoms with Crippen LogP contribution in [-0.2, 0) is 15.5 Å². The Balaban J connectivity index is 2.07. The molecule has 27 heavy (non-hydrogen) atoms. The Morgan fingerprint density at radius 2 is 1.70 bits per heavy atom. The number of likely N-dealkylation sites (tertiary alicyclic amines) is 1. The molecule has 1 unspecified atom stereocenters. The minimum atomic E-state index is -5.37. The second-order valence-corrected chi connectivity index (χ2v) is 6.72. The van der Waals surface area contributed by atoms with Gasteiger partial charge in [-0.05, 0) is 18.1 Å². The summed E-state index contributed by atoms with van der Waals surface area (Å²) in [5.41, 5.74) is -0.599. The third-order valence-corrected chi connectivity index (χ3v) is 4.47. The van der Waals surface area contributed by atoms with Gasteiger partial charge < -0.3 is 10.2 Å². The summed E-state index contributed by atoms with van der Waals surface area (Å²) < 4.78 is 78.6. The number of halogens is 7. The number of alkyl halides is 6. The molecule has 1 saturated heterocycles. The maximum absolute atomic E-state index is 14.4. The molecule has 1 aromatic carbocycles. The normalized spacial score (nSPS) is 21.9. The van der Waals surface area contributed by atoms with Gasteiger partial charge in [0.1, 0.15) is 0 Å². The molecule has 0 spiro atoms. The van der Waals surface area contributed by atoms with Crippen molar-refractivity contribution >= 4 is 23.4 Å². The average Bonchev–Trinajstić information content (AvgIpc) is 2.93. The van der Waals surface area contributed by atoms with Crippen LogP contribution in [0.3, 0.4) is 0 Å². The zero-order valence-electron chi connectivity index (χ0n) is 13.9. The Morgan fingerprint density at radius 3 is 2.22 bits per heavy atom. The molecule has 0 saturated carbocycles. The standard InChI is InChI=1S/C16H15ClF6N2O2/c1-8-6-25(7-11(8)24-13(26)12(18)16(21,22)23)14(27)15(19,20)9-2-4-10(17)5-3-9/h2-5,8,11-12H,6-7H2,1H3,(H,24,26)/t8-,11-,12?/m1/s1. The van der Waals surface area contributed by atoms with Crippen LogP contribution in [0.15, 0.2) is 24.3 Å². The van der Waals surface area contributed by atoms with Crippen LogP contribution >= 0.6 is 11.6 Å². The minimum Gasteiger partial charge on any atom is -0.348 e. The molecule has 1 N–H and O–H groups in total. The summed E-state index contributed by atoms with van der Waals surface area (Å²) in [5, 5.41) is 2.03. The van der Waals surface area contributed by atoms with Crippen molar-refractivity contribution in [1.82, 2.24) is 10.2 Å². The van der Waals surface area contributed by atoms with E-state index in [0.29, 0.717) is 0 Å². The fourth-order valence-electron chi connectivity index (χ4n) is 2.71. The summed E-state index contributed by atoms with van der Waals surface area (Å²) >= 11 is 5.62. The number of hydrogen-bond donors (Lipinski definition) is 1. The summed E-state index contributed by atoms with van der Waals surface area (Å²) in [4.78, 5) is 24.3. The molecule has 0 radical (unpaired) electrons. The van der Waals surface area contributed by atoms with Gasteiger partial charge in [-0.1, -0.05) is 30.7 Å². The van der Waals surface area contributed by atoms with Crippen molar-refractivity contribution in [3.63, 3.8) is 0 Å².